The molecule has 3 aromatic rings. The largest absolute Gasteiger partial charge is 0.470 e. The molecule has 1 amide bonds. The van der Waals surface area contributed by atoms with E-state index in [1.807, 2.05) is 0 Å². The summed E-state index contributed by atoms with van der Waals surface area (Å²) in [6.45, 7) is 0.463. The van der Waals surface area contributed by atoms with Crippen molar-refractivity contribution in [2.75, 3.05) is 6.54 Å². The molecule has 0 radical (unpaired) electrons. The number of carbonyl (C=O) groups excluding carboxylic acids is 1. The van der Waals surface area contributed by atoms with Crippen molar-refractivity contribution >= 4 is 5.91 Å². The monoisotopic (exact) mass is 490 g/mol. The molecule has 3 fully saturated rings. The van der Waals surface area contributed by atoms with Crippen LogP contribution >= 0.6 is 0 Å². The first kappa shape index (κ1) is 23.1. The Kier molecular flexibility index (Phi) is 5.86. The van der Waals surface area contributed by atoms with Crippen molar-refractivity contribution in [3.05, 3.63) is 71.7 Å². The lowest BCUT2D eigenvalue weighted by molar-refractivity contribution is -0.138. The van der Waals surface area contributed by atoms with E-state index in [-0.39, 0.29) is 17.6 Å². The summed E-state index contributed by atoms with van der Waals surface area (Å²) in [5.41, 5.74) is -0.444. The van der Waals surface area contributed by atoms with E-state index in [9.17, 15) is 26.7 Å². The number of pyridine rings is 1. The van der Waals surface area contributed by atoms with Gasteiger partial charge in [0.2, 0.25) is 0 Å². The summed E-state index contributed by atoms with van der Waals surface area (Å²) in [5, 5.41) is 0. The molecule has 2 bridgehead atoms. The third kappa shape index (κ3) is 4.54. The predicted molar refractivity (Wildman–Crippen MR) is 113 cm³/mol. The van der Waals surface area contributed by atoms with Crippen molar-refractivity contribution in [2.45, 2.75) is 37.6 Å². The van der Waals surface area contributed by atoms with Gasteiger partial charge in [0.05, 0.1) is 29.6 Å². The highest BCUT2D eigenvalue weighted by Gasteiger charge is 2.45. The van der Waals surface area contributed by atoms with E-state index >= 15 is 0 Å². The zero-order chi connectivity index (χ0) is 24.7. The van der Waals surface area contributed by atoms with E-state index in [2.05, 4.69) is 15.0 Å². The van der Waals surface area contributed by atoms with E-state index in [1.165, 1.54) is 0 Å². The minimum Gasteiger partial charge on any atom is -0.470 e. The van der Waals surface area contributed by atoms with Crippen molar-refractivity contribution in [3.8, 4) is 17.3 Å². The maximum atomic E-state index is 14.4. The molecular weight excluding hydrogens is 471 g/mol. The van der Waals surface area contributed by atoms with Gasteiger partial charge in [-0.1, -0.05) is 18.2 Å². The molecule has 6 nitrogen and oxygen atoms in total. The Morgan fingerprint density at radius 2 is 1.77 bits per heavy atom. The fourth-order valence-electron chi connectivity index (χ4n) is 4.77. The van der Waals surface area contributed by atoms with Gasteiger partial charge in [0, 0.05) is 18.3 Å². The quantitative estimate of drug-likeness (QED) is 0.487. The van der Waals surface area contributed by atoms with Crippen LogP contribution in [0.1, 0.15) is 35.2 Å². The van der Waals surface area contributed by atoms with Crippen molar-refractivity contribution in [1.29, 1.82) is 0 Å². The van der Waals surface area contributed by atoms with Crippen LogP contribution in [0.15, 0.2) is 48.9 Å². The highest BCUT2D eigenvalue weighted by molar-refractivity contribution is 6.00. The van der Waals surface area contributed by atoms with E-state index in [0.717, 1.165) is 18.8 Å². The van der Waals surface area contributed by atoms with Crippen molar-refractivity contribution in [1.82, 2.24) is 19.9 Å². The molecule has 35 heavy (non-hydrogen) atoms. The second-order valence-corrected chi connectivity index (χ2v) is 8.64. The molecule has 182 valence electrons. The van der Waals surface area contributed by atoms with Gasteiger partial charge in [0.15, 0.2) is 17.5 Å². The molecule has 6 rings (SSSR count). The molecular formula is C24H19F5N4O2. The van der Waals surface area contributed by atoms with Gasteiger partial charge in [-0.05, 0) is 37.3 Å². The number of hydrogen-bond acceptors (Lipinski definition) is 5. The third-order valence-corrected chi connectivity index (χ3v) is 6.40. The average molecular weight is 490 g/mol. The SMILES string of the molecule is O=C(c1ccccc1-c1ncc(F)cn1)N1C[C@@H]2CC[C@H]1[C@H](Oc1ncc(C(F)(F)F)cc1F)C2. The highest BCUT2D eigenvalue weighted by Crippen LogP contribution is 2.39. The molecule has 0 unspecified atom stereocenters. The number of halogens is 5. The lowest BCUT2D eigenvalue weighted by Gasteiger charge is -2.49. The Morgan fingerprint density at radius 1 is 1.03 bits per heavy atom. The molecule has 2 saturated heterocycles. The number of hydrogen-bond donors (Lipinski definition) is 0. The van der Waals surface area contributed by atoms with Crippen molar-refractivity contribution < 1.29 is 31.5 Å². The highest BCUT2D eigenvalue weighted by atomic mass is 19.4. The molecule has 4 heterocycles. The van der Waals surface area contributed by atoms with Gasteiger partial charge < -0.3 is 9.64 Å². The molecule has 3 aliphatic rings. The van der Waals surface area contributed by atoms with Crippen LogP contribution in [-0.2, 0) is 6.18 Å². The molecule has 1 aliphatic carbocycles. The summed E-state index contributed by atoms with van der Waals surface area (Å²) in [5.74, 6) is -2.37. The van der Waals surface area contributed by atoms with E-state index in [1.54, 1.807) is 29.2 Å². The number of nitrogens with zero attached hydrogens (tertiary/aromatic N) is 4. The van der Waals surface area contributed by atoms with Gasteiger partial charge in [-0.25, -0.2) is 23.7 Å². The lowest BCUT2D eigenvalue weighted by atomic mass is 9.77. The molecule has 0 spiro atoms. The summed E-state index contributed by atoms with van der Waals surface area (Å²) in [6.07, 6.45) is -0.816. The van der Waals surface area contributed by atoms with Crippen LogP contribution < -0.4 is 4.74 Å². The van der Waals surface area contributed by atoms with Gasteiger partial charge in [-0.2, -0.15) is 13.2 Å². The van der Waals surface area contributed by atoms with Gasteiger partial charge in [-0.15, -0.1) is 0 Å². The van der Waals surface area contributed by atoms with E-state index in [0.29, 0.717) is 42.8 Å². The third-order valence-electron chi connectivity index (χ3n) is 6.40. The van der Waals surface area contributed by atoms with Crippen LogP contribution in [0.2, 0.25) is 0 Å². The minimum atomic E-state index is -4.72. The fraction of sp³-hybridized carbons (Fsp3) is 0.333. The Hall–Kier alpha value is -3.63. The van der Waals surface area contributed by atoms with E-state index < -0.39 is 41.4 Å². The zero-order valence-electron chi connectivity index (χ0n) is 18.2. The Morgan fingerprint density at radius 3 is 2.46 bits per heavy atom. The number of alkyl halides is 3. The zero-order valence-corrected chi connectivity index (χ0v) is 18.2. The summed E-state index contributed by atoms with van der Waals surface area (Å²) < 4.78 is 71.9. The van der Waals surface area contributed by atoms with Crippen LogP contribution in [0.5, 0.6) is 5.88 Å². The first-order valence-corrected chi connectivity index (χ1v) is 11.0. The van der Waals surface area contributed by atoms with Crippen molar-refractivity contribution in [2.24, 2.45) is 5.92 Å². The summed E-state index contributed by atoms with van der Waals surface area (Å²) in [4.78, 5) is 26.7. The molecule has 3 atom stereocenters. The van der Waals surface area contributed by atoms with Crippen LogP contribution in [0.3, 0.4) is 0 Å². The molecule has 0 N–H and O–H groups in total. The first-order chi connectivity index (χ1) is 16.7. The smallest absolute Gasteiger partial charge is 0.417 e. The average Bonchev–Trinajstić information content (AvgIpc) is 2.85. The number of aromatic nitrogens is 3. The van der Waals surface area contributed by atoms with E-state index in [4.69, 9.17) is 4.74 Å². The predicted octanol–water partition coefficient (Wildman–Crippen LogP) is 4.91. The number of carbonyl (C=O) groups is 1. The number of amides is 1. The summed E-state index contributed by atoms with van der Waals surface area (Å²) in [7, 11) is 0. The van der Waals surface area contributed by atoms with Crippen LogP contribution in [0.25, 0.3) is 11.4 Å². The van der Waals surface area contributed by atoms with Crippen LogP contribution in [-0.4, -0.2) is 44.4 Å². The van der Waals surface area contributed by atoms with Crippen LogP contribution in [0.4, 0.5) is 22.0 Å². The first-order valence-electron chi connectivity index (χ1n) is 11.0. The number of rotatable bonds is 4. The Balaban J connectivity index is 1.40. The Bertz CT molecular complexity index is 1250. The topological polar surface area (TPSA) is 68.2 Å². The second kappa shape index (κ2) is 8.86. The second-order valence-electron chi connectivity index (χ2n) is 8.64. The molecule has 1 aromatic carbocycles. The van der Waals surface area contributed by atoms with Gasteiger partial charge in [-0.3, -0.25) is 4.79 Å². The summed E-state index contributed by atoms with van der Waals surface area (Å²) >= 11 is 0. The lowest BCUT2D eigenvalue weighted by Crippen LogP contribution is -2.59. The number of piperidine rings is 2. The van der Waals surface area contributed by atoms with Gasteiger partial charge >= 0.3 is 6.18 Å². The fourth-order valence-corrected chi connectivity index (χ4v) is 4.77. The standard InChI is InChI=1S/C24H19F5N4O2/c25-15-10-30-21(31-11-15)16-3-1-2-4-17(16)23(34)33-12-13-5-6-19(33)20(7-13)35-22-18(26)8-14(9-32-22)24(27,28)29/h1-4,8-11,13,19-20H,5-7,12H2/t13-,19+,20-/m1/s1. The molecule has 2 aliphatic heterocycles. The number of ether oxygens (including phenoxy) is 1. The maximum Gasteiger partial charge on any atom is 0.417 e. The maximum absolute atomic E-state index is 14.4. The van der Waals surface area contributed by atoms with Crippen LogP contribution in [0, 0.1) is 17.6 Å². The summed E-state index contributed by atoms with van der Waals surface area (Å²) in [6, 6.07) is 6.63. The molecule has 1 saturated carbocycles. The Labute approximate surface area is 196 Å². The number of fused-ring (bicyclic) bond motifs is 3. The van der Waals surface area contributed by atoms with Crippen molar-refractivity contribution in [3.63, 3.8) is 0 Å². The molecule has 11 heteroatoms. The number of benzene rings is 1. The van der Waals surface area contributed by atoms with Gasteiger partial charge in [0.25, 0.3) is 11.8 Å². The minimum absolute atomic E-state index is 0.0840. The molecule has 2 aromatic heterocycles. The van der Waals surface area contributed by atoms with Gasteiger partial charge in [0.1, 0.15) is 6.10 Å². The normalized spacial score (nSPS) is 21.7.